The van der Waals surface area contributed by atoms with E-state index >= 15 is 0 Å². The molecule has 0 aliphatic rings. The first-order valence-corrected chi connectivity index (χ1v) is 9.73. The van der Waals surface area contributed by atoms with Crippen LogP contribution >= 0.6 is 0 Å². The molecule has 0 saturated carbocycles. The first-order valence-electron chi connectivity index (χ1n) is 9.73. The van der Waals surface area contributed by atoms with E-state index in [1.807, 2.05) is 19.1 Å². The molecule has 0 unspecified atom stereocenters. The van der Waals surface area contributed by atoms with Crippen LogP contribution in [0.15, 0.2) is 18.2 Å². The summed E-state index contributed by atoms with van der Waals surface area (Å²) in [7, 11) is 0. The molecule has 0 saturated heterocycles. The minimum Gasteiger partial charge on any atom is -0.372 e. The van der Waals surface area contributed by atoms with Gasteiger partial charge in [-0.1, -0.05) is 19.8 Å². The van der Waals surface area contributed by atoms with E-state index in [1.54, 1.807) is 13.8 Å². The lowest BCUT2D eigenvalue weighted by atomic mass is 9.90. The maximum atomic E-state index is 12.7. The van der Waals surface area contributed by atoms with E-state index in [9.17, 15) is 9.59 Å². The van der Waals surface area contributed by atoms with Crippen LogP contribution in [0.5, 0.6) is 0 Å². The average Bonchev–Trinajstić information content (AvgIpc) is 2.61. The molecule has 0 spiro atoms. The van der Waals surface area contributed by atoms with Crippen LogP contribution in [-0.2, 0) is 9.59 Å². The van der Waals surface area contributed by atoms with Crippen LogP contribution < -0.4 is 15.5 Å². The zero-order chi connectivity index (χ0) is 19.7. The maximum Gasteiger partial charge on any atom is 0.239 e. The monoisotopic (exact) mass is 361 g/mol. The van der Waals surface area contributed by atoms with E-state index < -0.39 is 5.41 Å². The van der Waals surface area contributed by atoms with Crippen LogP contribution in [0.3, 0.4) is 0 Å². The van der Waals surface area contributed by atoms with Crippen molar-refractivity contribution in [1.29, 1.82) is 0 Å². The quantitative estimate of drug-likeness (QED) is 0.487. The standard InChI is InChI=1S/C21H35N3O2/c1-7-10-11-14-22-19(25)21(5,6)20(26)23-18-13-12-17(15-16(18)4)24(8-2)9-3/h12-13,15H,7-11,14H2,1-6H3,(H,22,25)(H,23,26). The summed E-state index contributed by atoms with van der Waals surface area (Å²) in [5.41, 5.74) is 1.76. The van der Waals surface area contributed by atoms with Gasteiger partial charge in [0.15, 0.2) is 0 Å². The predicted octanol–water partition coefficient (Wildman–Crippen LogP) is 4.11. The Labute approximate surface area is 158 Å². The maximum absolute atomic E-state index is 12.7. The summed E-state index contributed by atoms with van der Waals surface area (Å²) in [6, 6.07) is 5.99. The number of benzene rings is 1. The van der Waals surface area contributed by atoms with E-state index in [-0.39, 0.29) is 11.8 Å². The van der Waals surface area contributed by atoms with Crippen LogP contribution in [0.1, 0.15) is 59.4 Å². The zero-order valence-corrected chi connectivity index (χ0v) is 17.2. The largest absolute Gasteiger partial charge is 0.372 e. The van der Waals surface area contributed by atoms with E-state index in [1.165, 1.54) is 0 Å². The predicted molar refractivity (Wildman–Crippen MR) is 110 cm³/mol. The number of hydrogen-bond acceptors (Lipinski definition) is 3. The fraction of sp³-hybridized carbons (Fsp3) is 0.619. The van der Waals surface area contributed by atoms with Gasteiger partial charge in [0, 0.05) is 31.0 Å². The number of carbonyl (C=O) groups excluding carboxylic acids is 2. The number of rotatable bonds is 10. The average molecular weight is 362 g/mol. The van der Waals surface area contributed by atoms with Crippen molar-refractivity contribution in [3.05, 3.63) is 23.8 Å². The molecule has 0 fully saturated rings. The van der Waals surface area contributed by atoms with Crippen molar-refractivity contribution >= 4 is 23.2 Å². The molecule has 1 rings (SSSR count). The minimum absolute atomic E-state index is 0.233. The summed E-state index contributed by atoms with van der Waals surface area (Å²) in [6.45, 7) is 14.1. The van der Waals surface area contributed by atoms with E-state index in [4.69, 9.17) is 0 Å². The number of carbonyl (C=O) groups is 2. The van der Waals surface area contributed by atoms with E-state index in [0.29, 0.717) is 6.54 Å². The second-order valence-corrected chi connectivity index (χ2v) is 7.21. The summed E-state index contributed by atoms with van der Waals surface area (Å²) in [4.78, 5) is 27.3. The summed E-state index contributed by atoms with van der Waals surface area (Å²) in [5, 5.41) is 5.79. The molecule has 0 aliphatic heterocycles. The summed E-state index contributed by atoms with van der Waals surface area (Å²) in [5.74, 6) is -0.521. The van der Waals surface area contributed by atoms with Crippen molar-refractivity contribution in [1.82, 2.24) is 5.32 Å². The molecule has 5 nitrogen and oxygen atoms in total. The molecule has 0 atom stereocenters. The Morgan fingerprint density at radius 3 is 2.23 bits per heavy atom. The van der Waals surface area contributed by atoms with Crippen molar-refractivity contribution in [2.75, 3.05) is 29.9 Å². The van der Waals surface area contributed by atoms with E-state index in [2.05, 4.69) is 42.4 Å². The number of hydrogen-bond donors (Lipinski definition) is 2. The van der Waals surface area contributed by atoms with Gasteiger partial charge in [-0.3, -0.25) is 9.59 Å². The van der Waals surface area contributed by atoms with Gasteiger partial charge in [0.05, 0.1) is 0 Å². The zero-order valence-electron chi connectivity index (χ0n) is 17.2. The number of nitrogens with zero attached hydrogens (tertiary/aromatic N) is 1. The first-order chi connectivity index (χ1) is 12.3. The second-order valence-electron chi connectivity index (χ2n) is 7.21. The van der Waals surface area contributed by atoms with Gasteiger partial charge in [-0.2, -0.15) is 0 Å². The Morgan fingerprint density at radius 1 is 1.04 bits per heavy atom. The number of anilines is 2. The highest BCUT2D eigenvalue weighted by molar-refractivity contribution is 6.10. The molecular formula is C21H35N3O2. The van der Waals surface area contributed by atoms with Gasteiger partial charge >= 0.3 is 0 Å². The molecule has 0 bridgehead atoms. The Kier molecular flexibility index (Phi) is 8.62. The molecule has 0 aliphatic carbocycles. The normalized spacial score (nSPS) is 11.2. The number of nitrogens with one attached hydrogen (secondary N) is 2. The SMILES string of the molecule is CCCCCNC(=O)C(C)(C)C(=O)Nc1ccc(N(CC)CC)cc1C. The summed E-state index contributed by atoms with van der Waals surface area (Å²) in [6.07, 6.45) is 3.11. The summed E-state index contributed by atoms with van der Waals surface area (Å²) >= 11 is 0. The van der Waals surface area contributed by atoms with Gasteiger partial charge < -0.3 is 15.5 Å². The Morgan fingerprint density at radius 2 is 1.69 bits per heavy atom. The molecule has 146 valence electrons. The van der Waals surface area contributed by atoms with Crippen LogP contribution in [0, 0.1) is 12.3 Å². The smallest absolute Gasteiger partial charge is 0.239 e. The Bertz CT molecular complexity index is 607. The van der Waals surface area contributed by atoms with Crippen molar-refractivity contribution in [2.24, 2.45) is 5.41 Å². The number of amides is 2. The topological polar surface area (TPSA) is 61.4 Å². The third-order valence-corrected chi connectivity index (χ3v) is 4.79. The highest BCUT2D eigenvalue weighted by atomic mass is 16.2. The van der Waals surface area contributed by atoms with Gasteiger partial charge in [-0.05, 0) is 64.8 Å². The van der Waals surface area contributed by atoms with Crippen molar-refractivity contribution in [3.63, 3.8) is 0 Å². The molecule has 0 heterocycles. The molecule has 1 aromatic carbocycles. The minimum atomic E-state index is -1.11. The number of aryl methyl sites for hydroxylation is 1. The molecule has 0 radical (unpaired) electrons. The highest BCUT2D eigenvalue weighted by Crippen LogP contribution is 2.25. The highest BCUT2D eigenvalue weighted by Gasteiger charge is 2.36. The molecule has 0 aromatic heterocycles. The molecule has 5 heteroatoms. The first kappa shape index (κ1) is 22.0. The third kappa shape index (κ3) is 5.75. The second kappa shape index (κ2) is 10.2. The van der Waals surface area contributed by atoms with Gasteiger partial charge in [-0.15, -0.1) is 0 Å². The van der Waals surface area contributed by atoms with Crippen molar-refractivity contribution in [2.45, 2.75) is 60.8 Å². The fourth-order valence-electron chi connectivity index (χ4n) is 2.75. The Hall–Kier alpha value is -2.04. The van der Waals surface area contributed by atoms with Crippen LogP contribution in [0.4, 0.5) is 11.4 Å². The van der Waals surface area contributed by atoms with Gasteiger partial charge in [0.25, 0.3) is 0 Å². The van der Waals surface area contributed by atoms with E-state index in [0.717, 1.165) is 49.3 Å². The fourth-order valence-corrected chi connectivity index (χ4v) is 2.75. The van der Waals surface area contributed by atoms with Crippen LogP contribution in [0.25, 0.3) is 0 Å². The third-order valence-electron chi connectivity index (χ3n) is 4.79. The number of unbranched alkanes of at least 4 members (excludes halogenated alkanes) is 2. The summed E-state index contributed by atoms with van der Waals surface area (Å²) < 4.78 is 0. The molecule has 2 amide bonds. The Balaban J connectivity index is 2.77. The molecular weight excluding hydrogens is 326 g/mol. The van der Waals surface area contributed by atoms with Crippen LogP contribution in [-0.4, -0.2) is 31.4 Å². The van der Waals surface area contributed by atoms with Crippen molar-refractivity contribution in [3.8, 4) is 0 Å². The lowest BCUT2D eigenvalue weighted by Crippen LogP contribution is -2.45. The molecule has 26 heavy (non-hydrogen) atoms. The lowest BCUT2D eigenvalue weighted by molar-refractivity contribution is -0.138. The lowest BCUT2D eigenvalue weighted by Gasteiger charge is -2.25. The van der Waals surface area contributed by atoms with Crippen molar-refractivity contribution < 1.29 is 9.59 Å². The molecule has 2 N–H and O–H groups in total. The molecule has 1 aromatic rings. The van der Waals surface area contributed by atoms with Crippen LogP contribution in [0.2, 0.25) is 0 Å². The van der Waals surface area contributed by atoms with Gasteiger partial charge in [0.2, 0.25) is 11.8 Å². The van der Waals surface area contributed by atoms with Gasteiger partial charge in [-0.25, -0.2) is 0 Å². The van der Waals surface area contributed by atoms with Gasteiger partial charge in [0.1, 0.15) is 5.41 Å².